The number of oxazole rings is 1. The highest BCUT2D eigenvalue weighted by Crippen LogP contribution is 2.45. The molecule has 0 unspecified atom stereocenters. The molecule has 8 atom stereocenters. The van der Waals surface area contributed by atoms with E-state index in [0.29, 0.717) is 34.9 Å². The van der Waals surface area contributed by atoms with Crippen LogP contribution in [0.4, 0.5) is 5.69 Å². The summed E-state index contributed by atoms with van der Waals surface area (Å²) in [5.41, 5.74) is 4.70. The summed E-state index contributed by atoms with van der Waals surface area (Å²) in [4.78, 5) is 29.7. The van der Waals surface area contributed by atoms with Crippen molar-refractivity contribution in [2.75, 3.05) is 13.7 Å². The Hall–Kier alpha value is -3.55. The Kier molecular flexibility index (Phi) is 26.5. The number of aromatic nitrogens is 1. The van der Waals surface area contributed by atoms with Crippen molar-refractivity contribution >= 4 is 42.7 Å². The van der Waals surface area contributed by atoms with Crippen LogP contribution in [0.15, 0.2) is 88.1 Å². The highest BCUT2D eigenvalue weighted by atomic mass is 28.4. The topological polar surface area (TPSA) is 142 Å². The van der Waals surface area contributed by atoms with Crippen molar-refractivity contribution in [3.05, 3.63) is 111 Å². The average Bonchev–Trinajstić information content (AvgIpc) is 3.76. The van der Waals surface area contributed by atoms with Crippen molar-refractivity contribution in [1.82, 2.24) is 4.98 Å². The van der Waals surface area contributed by atoms with E-state index in [-0.39, 0.29) is 40.5 Å². The zero-order chi connectivity index (χ0) is 57.3. The number of hydrogen-bond acceptors (Lipinski definition) is 11. The van der Waals surface area contributed by atoms with Gasteiger partial charge in [-0.15, -0.1) is 0 Å². The molecule has 3 rings (SSSR count). The van der Waals surface area contributed by atoms with Gasteiger partial charge in [0.05, 0.1) is 28.8 Å². The normalized spacial score (nSPS) is 20.0. The van der Waals surface area contributed by atoms with Gasteiger partial charge in [0.1, 0.15) is 24.4 Å². The summed E-state index contributed by atoms with van der Waals surface area (Å²) >= 11 is 0. The van der Waals surface area contributed by atoms with Crippen molar-refractivity contribution in [3.63, 3.8) is 0 Å². The van der Waals surface area contributed by atoms with Gasteiger partial charge in [-0.2, -0.15) is 0 Å². The molecule has 0 bridgehead atoms. The number of ether oxygens (including phenoxy) is 3. The Labute approximate surface area is 463 Å². The second-order valence-corrected chi connectivity index (χ2v) is 39.2. The maximum Gasteiger partial charge on any atom is 0.338 e. The molecule has 1 aromatic carbocycles. The first-order valence-corrected chi connectivity index (χ1v) is 36.0. The quantitative estimate of drug-likeness (QED) is 0.0243. The fraction of sp³-hybridized carbons (Fsp3) is 0.672. The highest BCUT2D eigenvalue weighted by Gasteiger charge is 2.48. The van der Waals surface area contributed by atoms with Gasteiger partial charge in [0.2, 0.25) is 8.32 Å². The van der Waals surface area contributed by atoms with Gasteiger partial charge in [-0.05, 0) is 127 Å². The molecule has 1 aliphatic heterocycles. The molecule has 1 saturated heterocycles. The number of hydrogen-bond donors (Lipinski definition) is 0. The van der Waals surface area contributed by atoms with Gasteiger partial charge in [-0.25, -0.2) is 9.78 Å². The van der Waals surface area contributed by atoms with Crippen LogP contribution < -0.4 is 0 Å². The third kappa shape index (κ3) is 18.8. The number of allylic oxidation sites excluding steroid dienone is 6. The number of carbonyl (C=O) groups excluding carboxylic acids is 1. The maximum atomic E-state index is 14.2. The number of nitro groups is 1. The summed E-state index contributed by atoms with van der Waals surface area (Å²) in [6, 6.07) is 9.00. The Morgan fingerprint density at radius 2 is 1.49 bits per heavy atom. The van der Waals surface area contributed by atoms with E-state index in [1.54, 1.807) is 13.4 Å². The van der Waals surface area contributed by atoms with Gasteiger partial charge >= 0.3 is 5.97 Å². The predicted octanol–water partition coefficient (Wildman–Crippen LogP) is 17.3. The zero-order valence-corrected chi connectivity index (χ0v) is 53.9. The molecule has 1 aromatic heterocycles. The number of non-ortho nitro benzene ring substituents is 1. The number of aryl methyl sites for hydroxylation is 1. The van der Waals surface area contributed by atoms with Crippen LogP contribution in [0.2, 0.25) is 52.9 Å². The number of rotatable bonds is 30. The number of benzene rings is 1. The SMILES string of the molecule is CC[Si](CC)(CC)OCC[C@H]1C[C@@H](O[Si](C)(C)C(C)(C)C)O[C@@H]([C@H](C)/C=C/C=C(\C)[C@H](C[C@H](OC(=O)c2ccc([N+](=O)[O-])cc2)[C@H](C)[C@@H](OC)/C(C)=C/C=C/C(C)=C/c2coc(C)n2)O[Si](C(C)C)(C(C)C)C(C)C)C1. The summed E-state index contributed by atoms with van der Waals surface area (Å²) in [6.45, 7) is 45.1. The maximum absolute atomic E-state index is 14.2. The van der Waals surface area contributed by atoms with Crippen LogP contribution in [-0.4, -0.2) is 85.3 Å². The minimum absolute atomic E-state index is 0.0298. The van der Waals surface area contributed by atoms with Crippen LogP contribution in [-0.2, 0) is 27.5 Å². The third-order valence-electron chi connectivity index (χ3n) is 17.0. The lowest BCUT2D eigenvalue weighted by molar-refractivity contribution is -0.384. The van der Waals surface area contributed by atoms with Crippen LogP contribution in [0.1, 0.15) is 165 Å². The van der Waals surface area contributed by atoms with Gasteiger partial charge in [0, 0.05) is 57.5 Å². The monoisotopic (exact) mass is 1110 g/mol. The summed E-state index contributed by atoms with van der Waals surface area (Å²) in [5, 5.41) is 11.6. The van der Waals surface area contributed by atoms with E-state index >= 15 is 0 Å². The molecule has 2 aromatic rings. The Morgan fingerprint density at radius 1 is 0.895 bits per heavy atom. The zero-order valence-electron chi connectivity index (χ0n) is 50.9. The molecule has 1 fully saturated rings. The molecule has 2 heterocycles. The number of esters is 1. The fourth-order valence-electron chi connectivity index (χ4n) is 10.9. The Bertz CT molecular complexity index is 2240. The van der Waals surface area contributed by atoms with Crippen molar-refractivity contribution in [1.29, 1.82) is 0 Å². The molecule has 0 spiro atoms. The van der Waals surface area contributed by atoms with Crippen LogP contribution in [0, 0.1) is 34.8 Å². The summed E-state index contributed by atoms with van der Waals surface area (Å²) in [5.74, 6) is 0.205. The number of nitrogens with zero attached hydrogens (tertiary/aromatic N) is 2. The van der Waals surface area contributed by atoms with Gasteiger partial charge < -0.3 is 31.9 Å². The minimum atomic E-state index is -2.53. The molecule has 428 valence electrons. The molecule has 0 saturated carbocycles. The lowest BCUT2D eigenvalue weighted by Gasteiger charge is -2.45. The van der Waals surface area contributed by atoms with Crippen molar-refractivity contribution in [2.24, 2.45) is 17.8 Å². The smallest absolute Gasteiger partial charge is 0.338 e. The average molecular weight is 1110 g/mol. The Morgan fingerprint density at radius 3 is 2.00 bits per heavy atom. The van der Waals surface area contributed by atoms with Gasteiger partial charge in [-0.1, -0.05) is 133 Å². The van der Waals surface area contributed by atoms with Gasteiger partial charge in [-0.3, -0.25) is 10.1 Å². The van der Waals surface area contributed by atoms with E-state index in [2.05, 4.69) is 140 Å². The lowest BCUT2D eigenvalue weighted by atomic mass is 9.86. The lowest BCUT2D eigenvalue weighted by Crippen LogP contribution is -2.51. The molecule has 12 nitrogen and oxygen atoms in total. The second kappa shape index (κ2) is 30.2. The largest absolute Gasteiger partial charge is 0.458 e. The third-order valence-corrected chi connectivity index (χ3v) is 32.2. The first-order valence-electron chi connectivity index (χ1n) is 28.4. The standard InChI is InChI=1S/C61H102N2O10Si3/c1-22-75(23-2,24-3)69-36-35-51-38-55(70-58(39-51)73-74(20,21)61(16,17)18)46(11)28-26-29-47(12)56(72-76(42(4)5,43(6)7)44(8)9)40-57(71-60(64)52-31-33-54(34-32-52)63(65)66)49(14)59(67-19)48(13)30-25-27-45(10)37-53-41-68-50(15)62-53/h25-34,37,41-44,46,49,51,55-59H,22-24,35-36,38-40H2,1-21H3/b27-25+,28-26+,45-37+,47-29+,48-30+/t46-,49+,51-,55-,56+,57+,58-,59+/m1/s1. The molecule has 15 heteroatoms. The molecule has 0 amide bonds. The van der Waals surface area contributed by atoms with E-state index in [4.69, 9.17) is 31.9 Å². The van der Waals surface area contributed by atoms with Gasteiger partial charge in [0.15, 0.2) is 22.5 Å². The number of carbonyl (C=O) groups is 1. The Balaban J connectivity index is 2.11. The molecule has 0 aliphatic carbocycles. The van der Waals surface area contributed by atoms with Crippen LogP contribution >= 0.6 is 0 Å². The van der Waals surface area contributed by atoms with E-state index < -0.39 is 54.2 Å². The summed E-state index contributed by atoms with van der Waals surface area (Å²) < 4.78 is 46.7. The van der Waals surface area contributed by atoms with Crippen molar-refractivity contribution < 1.29 is 41.6 Å². The molecule has 1 aliphatic rings. The van der Waals surface area contributed by atoms with Crippen LogP contribution in [0.5, 0.6) is 0 Å². The van der Waals surface area contributed by atoms with Crippen LogP contribution in [0.3, 0.4) is 0 Å². The van der Waals surface area contributed by atoms with Gasteiger partial charge in [0.25, 0.3) is 5.69 Å². The highest BCUT2D eigenvalue weighted by molar-refractivity contribution is 6.77. The molecular weight excluding hydrogens is 1000 g/mol. The van der Waals surface area contributed by atoms with E-state index in [1.807, 2.05) is 45.1 Å². The summed E-state index contributed by atoms with van der Waals surface area (Å²) in [7, 11) is -4.69. The second-order valence-electron chi connectivity index (χ2n) is 24.2. The minimum Gasteiger partial charge on any atom is -0.458 e. The predicted molar refractivity (Wildman–Crippen MR) is 320 cm³/mol. The molecule has 0 N–H and O–H groups in total. The number of nitro benzene ring substituents is 1. The fourth-order valence-corrected chi connectivity index (χ4v) is 20.4. The first-order chi connectivity index (χ1) is 35.5. The molecular formula is C61H102N2O10Si3. The van der Waals surface area contributed by atoms with Crippen molar-refractivity contribution in [3.8, 4) is 0 Å². The van der Waals surface area contributed by atoms with E-state index in [0.717, 1.165) is 66.4 Å². The van der Waals surface area contributed by atoms with Crippen molar-refractivity contribution in [2.45, 2.75) is 234 Å². The van der Waals surface area contributed by atoms with Crippen LogP contribution in [0.25, 0.3) is 6.08 Å². The first kappa shape index (κ1) is 66.7. The number of methoxy groups -OCH3 is 1. The summed E-state index contributed by atoms with van der Waals surface area (Å²) in [6.07, 6.45) is 17.5. The van der Waals surface area contributed by atoms with E-state index in [9.17, 15) is 14.9 Å². The van der Waals surface area contributed by atoms with E-state index in [1.165, 1.54) is 24.3 Å². The molecule has 0 radical (unpaired) electrons. The molecule has 76 heavy (non-hydrogen) atoms.